The lowest BCUT2D eigenvalue weighted by molar-refractivity contribution is -0.141. The van der Waals surface area contributed by atoms with Crippen molar-refractivity contribution in [3.8, 4) is 0 Å². The normalized spacial score (nSPS) is 15.5. The highest BCUT2D eigenvalue weighted by Crippen LogP contribution is 2.30. The molecular weight excluding hydrogens is 445 g/mol. The summed E-state index contributed by atoms with van der Waals surface area (Å²) in [7, 11) is 0. The van der Waals surface area contributed by atoms with E-state index in [4.69, 9.17) is 0 Å². The molecule has 33 heavy (non-hydrogen) atoms. The number of fused-ring (bicyclic) bond motifs is 1. The topological polar surface area (TPSA) is 63.0 Å². The summed E-state index contributed by atoms with van der Waals surface area (Å²) in [5.41, 5.74) is -0.113. The van der Waals surface area contributed by atoms with Gasteiger partial charge >= 0.3 is 6.18 Å². The zero-order chi connectivity index (χ0) is 23.6. The van der Waals surface area contributed by atoms with Crippen LogP contribution in [0.2, 0.25) is 0 Å². The molecule has 4 rings (SSSR count). The molecule has 1 aliphatic rings. The third kappa shape index (κ3) is 5.31. The quantitative estimate of drug-likeness (QED) is 0.482. The summed E-state index contributed by atoms with van der Waals surface area (Å²) in [5, 5.41) is 3.94. The van der Waals surface area contributed by atoms with Crippen molar-refractivity contribution in [2.75, 3.05) is 36.0 Å². The van der Waals surface area contributed by atoms with Crippen LogP contribution in [0.15, 0.2) is 30.6 Å². The fourth-order valence-corrected chi connectivity index (χ4v) is 4.05. The van der Waals surface area contributed by atoms with E-state index in [1.165, 1.54) is 12.3 Å². The molecule has 1 fully saturated rings. The molecule has 3 aromatic heterocycles. The Morgan fingerprint density at radius 3 is 2.55 bits per heavy atom. The molecule has 4 heterocycles. The standard InChI is InChI=1S/C21H24F5N7/c1-2-31(18-5-3-4-16(29-18)21(24,25)26)12-14-6-8-32(9-7-14)19-11-27-15-10-28-33(13-17(22)23)20(15)30-19/h3-5,10-11,14,17H,2,6-9,12-13H2,1H3. The van der Waals surface area contributed by atoms with E-state index in [0.717, 1.165) is 23.6 Å². The van der Waals surface area contributed by atoms with Crippen molar-refractivity contribution in [3.05, 3.63) is 36.3 Å². The Morgan fingerprint density at radius 2 is 1.88 bits per heavy atom. The first-order chi connectivity index (χ1) is 15.7. The van der Waals surface area contributed by atoms with E-state index in [-0.39, 0.29) is 5.92 Å². The van der Waals surface area contributed by atoms with E-state index in [1.807, 2.05) is 16.7 Å². The Hall–Kier alpha value is -3.05. The summed E-state index contributed by atoms with van der Waals surface area (Å²) in [5.74, 6) is 1.20. The minimum absolute atomic E-state index is 0.276. The fraction of sp³-hybridized carbons (Fsp3) is 0.524. The number of pyridine rings is 1. The molecule has 7 nitrogen and oxygen atoms in total. The van der Waals surface area contributed by atoms with Gasteiger partial charge in [0, 0.05) is 26.2 Å². The number of nitrogens with zero attached hydrogens (tertiary/aromatic N) is 7. The second-order valence-electron chi connectivity index (χ2n) is 8.00. The van der Waals surface area contributed by atoms with Crippen molar-refractivity contribution in [2.24, 2.45) is 5.92 Å². The van der Waals surface area contributed by atoms with Gasteiger partial charge in [-0.2, -0.15) is 18.3 Å². The van der Waals surface area contributed by atoms with Crippen LogP contribution in [0.25, 0.3) is 11.2 Å². The molecule has 12 heteroatoms. The van der Waals surface area contributed by atoms with Gasteiger partial charge in [0.1, 0.15) is 29.4 Å². The minimum Gasteiger partial charge on any atom is -0.357 e. The first-order valence-electron chi connectivity index (χ1n) is 10.8. The molecule has 178 valence electrons. The van der Waals surface area contributed by atoms with E-state index in [9.17, 15) is 22.0 Å². The Morgan fingerprint density at radius 1 is 1.12 bits per heavy atom. The van der Waals surface area contributed by atoms with Crippen LogP contribution < -0.4 is 9.80 Å². The van der Waals surface area contributed by atoms with Gasteiger partial charge in [-0.1, -0.05) is 6.07 Å². The van der Waals surface area contributed by atoms with Crippen LogP contribution in [0, 0.1) is 5.92 Å². The molecule has 0 bridgehead atoms. The summed E-state index contributed by atoms with van der Waals surface area (Å²) >= 11 is 0. The summed E-state index contributed by atoms with van der Waals surface area (Å²) in [6.45, 7) is 3.86. The average molecular weight is 469 g/mol. The molecule has 0 radical (unpaired) electrons. The van der Waals surface area contributed by atoms with E-state index >= 15 is 0 Å². The van der Waals surface area contributed by atoms with Crippen molar-refractivity contribution in [1.82, 2.24) is 24.7 Å². The largest absolute Gasteiger partial charge is 0.433 e. The second kappa shape index (κ2) is 9.44. The van der Waals surface area contributed by atoms with Crippen LogP contribution in [0.3, 0.4) is 0 Å². The highest BCUT2D eigenvalue weighted by molar-refractivity contribution is 5.71. The molecule has 3 aromatic rings. The molecular formula is C21H24F5N7. The number of halogens is 5. The zero-order valence-electron chi connectivity index (χ0n) is 18.0. The lowest BCUT2D eigenvalue weighted by Crippen LogP contribution is -2.39. The molecule has 1 aliphatic heterocycles. The summed E-state index contributed by atoms with van der Waals surface area (Å²) in [4.78, 5) is 16.5. The number of hydrogen-bond acceptors (Lipinski definition) is 6. The predicted molar refractivity (Wildman–Crippen MR) is 113 cm³/mol. The van der Waals surface area contributed by atoms with Gasteiger partial charge in [-0.3, -0.25) is 0 Å². The van der Waals surface area contributed by atoms with E-state index in [2.05, 4.69) is 20.1 Å². The highest BCUT2D eigenvalue weighted by Gasteiger charge is 2.33. The number of alkyl halides is 5. The van der Waals surface area contributed by atoms with Gasteiger partial charge < -0.3 is 9.80 Å². The van der Waals surface area contributed by atoms with Gasteiger partial charge in [-0.05, 0) is 37.8 Å². The Bertz CT molecular complexity index is 1080. The summed E-state index contributed by atoms with van der Waals surface area (Å²) < 4.78 is 65.8. The van der Waals surface area contributed by atoms with E-state index < -0.39 is 24.8 Å². The number of aromatic nitrogens is 5. The first kappa shape index (κ1) is 23.1. The molecule has 0 spiro atoms. The third-order valence-electron chi connectivity index (χ3n) is 5.79. The smallest absolute Gasteiger partial charge is 0.357 e. The lowest BCUT2D eigenvalue weighted by Gasteiger charge is -2.35. The Balaban J connectivity index is 1.40. The van der Waals surface area contributed by atoms with Crippen molar-refractivity contribution < 1.29 is 22.0 Å². The molecule has 0 aromatic carbocycles. The maximum atomic E-state index is 13.0. The monoisotopic (exact) mass is 469 g/mol. The zero-order valence-corrected chi connectivity index (χ0v) is 18.0. The summed E-state index contributed by atoms with van der Waals surface area (Å²) in [6.07, 6.45) is -2.36. The van der Waals surface area contributed by atoms with Crippen LogP contribution in [-0.2, 0) is 12.7 Å². The maximum absolute atomic E-state index is 13.0. The van der Waals surface area contributed by atoms with Gasteiger partial charge in [0.25, 0.3) is 6.43 Å². The lowest BCUT2D eigenvalue weighted by atomic mass is 9.96. The maximum Gasteiger partial charge on any atom is 0.433 e. The first-order valence-corrected chi connectivity index (χ1v) is 10.8. The molecule has 1 saturated heterocycles. The molecule has 0 unspecified atom stereocenters. The van der Waals surface area contributed by atoms with E-state index in [0.29, 0.717) is 49.0 Å². The number of piperidine rings is 1. The highest BCUT2D eigenvalue weighted by atomic mass is 19.4. The van der Waals surface area contributed by atoms with E-state index in [1.54, 1.807) is 12.3 Å². The van der Waals surface area contributed by atoms with Gasteiger partial charge in [0.2, 0.25) is 0 Å². The average Bonchev–Trinajstić information content (AvgIpc) is 3.19. The van der Waals surface area contributed by atoms with Crippen molar-refractivity contribution in [1.29, 1.82) is 0 Å². The van der Waals surface area contributed by atoms with Gasteiger partial charge in [0.15, 0.2) is 5.65 Å². The van der Waals surface area contributed by atoms with Crippen molar-refractivity contribution >= 4 is 22.8 Å². The van der Waals surface area contributed by atoms with Gasteiger partial charge in [-0.25, -0.2) is 28.4 Å². The molecule has 0 saturated carbocycles. The fourth-order valence-electron chi connectivity index (χ4n) is 4.05. The van der Waals surface area contributed by atoms with Crippen LogP contribution >= 0.6 is 0 Å². The molecule has 0 amide bonds. The van der Waals surface area contributed by atoms with Crippen LogP contribution in [0.1, 0.15) is 25.5 Å². The van der Waals surface area contributed by atoms with Gasteiger partial charge in [-0.15, -0.1) is 0 Å². The predicted octanol–water partition coefficient (Wildman–Crippen LogP) is 4.25. The van der Waals surface area contributed by atoms with Crippen LogP contribution in [0.5, 0.6) is 0 Å². The number of anilines is 2. The molecule has 0 atom stereocenters. The van der Waals surface area contributed by atoms with Crippen LogP contribution in [-0.4, -0.2) is 57.3 Å². The van der Waals surface area contributed by atoms with Gasteiger partial charge in [0.05, 0.1) is 12.4 Å². The third-order valence-corrected chi connectivity index (χ3v) is 5.79. The number of rotatable bonds is 7. The second-order valence-corrected chi connectivity index (χ2v) is 8.00. The molecule has 0 N–H and O–H groups in total. The minimum atomic E-state index is -4.48. The Labute approximate surface area is 187 Å². The van der Waals surface area contributed by atoms with Crippen molar-refractivity contribution in [2.45, 2.75) is 38.9 Å². The number of hydrogen-bond donors (Lipinski definition) is 0. The SMILES string of the molecule is CCN(CC1CCN(c2cnc3cnn(CC(F)F)c3n2)CC1)c1cccc(C(F)(F)F)n1. The summed E-state index contributed by atoms with van der Waals surface area (Å²) in [6, 6.07) is 3.95. The van der Waals surface area contributed by atoms with Crippen LogP contribution in [0.4, 0.5) is 33.6 Å². The Kier molecular flexibility index (Phi) is 6.61. The van der Waals surface area contributed by atoms with Crippen molar-refractivity contribution in [3.63, 3.8) is 0 Å². The molecule has 0 aliphatic carbocycles.